The maximum atomic E-state index is 11.4. The Morgan fingerprint density at radius 1 is 1.38 bits per heavy atom. The van der Waals surface area contributed by atoms with Crippen molar-refractivity contribution in [2.75, 3.05) is 23.8 Å². The van der Waals surface area contributed by atoms with E-state index in [4.69, 9.17) is 0 Å². The van der Waals surface area contributed by atoms with Gasteiger partial charge in [0.15, 0.2) is 9.84 Å². The van der Waals surface area contributed by atoms with Crippen molar-refractivity contribution in [3.05, 3.63) is 0 Å². The molecule has 0 aromatic carbocycles. The molecule has 0 radical (unpaired) electrons. The molecule has 0 aromatic heterocycles. The van der Waals surface area contributed by atoms with Crippen LogP contribution in [0.25, 0.3) is 0 Å². The Morgan fingerprint density at radius 3 is 2.62 bits per heavy atom. The van der Waals surface area contributed by atoms with E-state index in [1.807, 2.05) is 11.8 Å². The van der Waals surface area contributed by atoms with Crippen LogP contribution in [0.3, 0.4) is 0 Å². The van der Waals surface area contributed by atoms with E-state index < -0.39 is 9.84 Å². The highest BCUT2D eigenvalue weighted by Gasteiger charge is 2.24. The van der Waals surface area contributed by atoms with Crippen LogP contribution in [0.2, 0.25) is 0 Å². The third-order valence-corrected chi connectivity index (χ3v) is 5.63. The summed E-state index contributed by atoms with van der Waals surface area (Å²) in [5.41, 5.74) is 0. The second-order valence-electron chi connectivity index (χ2n) is 5.37. The van der Waals surface area contributed by atoms with Gasteiger partial charge in [-0.05, 0) is 12.8 Å². The molecule has 0 amide bonds. The van der Waals surface area contributed by atoms with Gasteiger partial charge in [-0.2, -0.15) is 11.8 Å². The van der Waals surface area contributed by atoms with Gasteiger partial charge in [-0.25, -0.2) is 8.42 Å². The lowest BCUT2D eigenvalue weighted by atomic mass is 10.2. The molecule has 0 aliphatic carbocycles. The molecule has 1 rings (SSSR count). The average Bonchev–Trinajstić information content (AvgIpc) is 2.09. The molecule has 1 N–H and O–H groups in total. The summed E-state index contributed by atoms with van der Waals surface area (Å²) in [6.45, 7) is 7.50. The Balaban J connectivity index is 2.18. The lowest BCUT2D eigenvalue weighted by Crippen LogP contribution is -2.41. The molecule has 1 atom stereocenters. The summed E-state index contributed by atoms with van der Waals surface area (Å²) in [5.74, 6) is 1.75. The fourth-order valence-corrected chi connectivity index (χ4v) is 4.31. The molecular formula is C11H23NO2S2. The largest absolute Gasteiger partial charge is 0.312 e. The van der Waals surface area contributed by atoms with E-state index in [-0.39, 0.29) is 6.04 Å². The second kappa shape index (κ2) is 5.74. The Bertz CT molecular complexity index is 306. The molecule has 0 aromatic rings. The molecule has 1 aliphatic heterocycles. The SMILES string of the molecule is CC(C)(C)SCCNC1CCCS(=O)(=O)C1. The third kappa shape index (κ3) is 6.11. The molecule has 5 heteroatoms. The summed E-state index contributed by atoms with van der Waals surface area (Å²) < 4.78 is 23.1. The van der Waals surface area contributed by atoms with Crippen LogP contribution in [0.4, 0.5) is 0 Å². The van der Waals surface area contributed by atoms with Crippen LogP contribution in [0.15, 0.2) is 0 Å². The minimum absolute atomic E-state index is 0.180. The maximum absolute atomic E-state index is 11.4. The summed E-state index contributed by atoms with van der Waals surface area (Å²) in [4.78, 5) is 0. The molecular weight excluding hydrogens is 242 g/mol. The van der Waals surface area contributed by atoms with Gasteiger partial charge < -0.3 is 5.32 Å². The van der Waals surface area contributed by atoms with Crippen molar-refractivity contribution in [1.29, 1.82) is 0 Å². The van der Waals surface area contributed by atoms with Crippen molar-refractivity contribution < 1.29 is 8.42 Å². The quantitative estimate of drug-likeness (QED) is 0.786. The molecule has 16 heavy (non-hydrogen) atoms. The summed E-state index contributed by atoms with van der Waals surface area (Å²) in [6, 6.07) is 0.180. The lowest BCUT2D eigenvalue weighted by Gasteiger charge is -2.24. The highest BCUT2D eigenvalue weighted by atomic mass is 32.2. The maximum Gasteiger partial charge on any atom is 0.151 e. The number of sulfone groups is 1. The summed E-state index contributed by atoms with van der Waals surface area (Å²) >= 11 is 1.91. The van der Waals surface area contributed by atoms with E-state index >= 15 is 0 Å². The molecule has 1 heterocycles. The van der Waals surface area contributed by atoms with E-state index in [2.05, 4.69) is 26.1 Å². The zero-order valence-corrected chi connectivity index (χ0v) is 12.1. The zero-order chi connectivity index (χ0) is 12.2. The Hall–Kier alpha value is 0.260. The fraction of sp³-hybridized carbons (Fsp3) is 1.00. The molecule has 1 aliphatic rings. The van der Waals surface area contributed by atoms with Gasteiger partial charge in [0.1, 0.15) is 0 Å². The molecule has 0 bridgehead atoms. The normalized spacial score (nSPS) is 25.6. The van der Waals surface area contributed by atoms with Crippen LogP contribution in [0.1, 0.15) is 33.6 Å². The predicted octanol–water partition coefficient (Wildman–Crippen LogP) is 1.68. The first-order valence-corrected chi connectivity index (χ1v) is 8.67. The Labute approximate surface area is 104 Å². The highest BCUT2D eigenvalue weighted by molar-refractivity contribution is 8.00. The van der Waals surface area contributed by atoms with Gasteiger partial charge in [0, 0.05) is 23.1 Å². The Morgan fingerprint density at radius 2 is 2.06 bits per heavy atom. The van der Waals surface area contributed by atoms with Crippen LogP contribution in [-0.2, 0) is 9.84 Å². The van der Waals surface area contributed by atoms with Crippen LogP contribution in [0, 0.1) is 0 Å². The lowest BCUT2D eigenvalue weighted by molar-refractivity contribution is 0.492. The van der Waals surface area contributed by atoms with Gasteiger partial charge in [0.05, 0.1) is 11.5 Å². The van der Waals surface area contributed by atoms with E-state index in [9.17, 15) is 8.42 Å². The number of hydrogen-bond donors (Lipinski definition) is 1. The van der Waals surface area contributed by atoms with Crippen molar-refractivity contribution >= 4 is 21.6 Å². The van der Waals surface area contributed by atoms with Gasteiger partial charge in [0.25, 0.3) is 0 Å². The molecule has 96 valence electrons. The van der Waals surface area contributed by atoms with Crippen molar-refractivity contribution in [2.24, 2.45) is 0 Å². The van der Waals surface area contributed by atoms with Crippen molar-refractivity contribution in [3.8, 4) is 0 Å². The fourth-order valence-electron chi connectivity index (χ4n) is 1.80. The van der Waals surface area contributed by atoms with Crippen molar-refractivity contribution in [1.82, 2.24) is 5.32 Å². The average molecular weight is 265 g/mol. The third-order valence-electron chi connectivity index (χ3n) is 2.53. The molecule has 1 unspecified atom stereocenters. The molecule has 3 nitrogen and oxygen atoms in total. The number of nitrogens with one attached hydrogen (secondary N) is 1. The first kappa shape index (κ1) is 14.3. The summed E-state index contributed by atoms with van der Waals surface area (Å²) in [7, 11) is -2.77. The number of thioether (sulfide) groups is 1. The molecule has 0 spiro atoms. The topological polar surface area (TPSA) is 46.2 Å². The van der Waals surface area contributed by atoms with Crippen molar-refractivity contribution in [2.45, 2.75) is 44.4 Å². The molecule has 1 saturated heterocycles. The standard InChI is InChI=1S/C11H23NO2S2/c1-11(2,3)15-7-6-12-10-5-4-8-16(13,14)9-10/h10,12H,4-9H2,1-3H3. The van der Waals surface area contributed by atoms with Gasteiger partial charge in [-0.3, -0.25) is 0 Å². The van der Waals surface area contributed by atoms with E-state index in [1.54, 1.807) is 0 Å². The molecule has 0 saturated carbocycles. The van der Waals surface area contributed by atoms with E-state index in [1.165, 1.54) is 0 Å². The van der Waals surface area contributed by atoms with Gasteiger partial charge >= 0.3 is 0 Å². The van der Waals surface area contributed by atoms with Crippen LogP contribution in [0.5, 0.6) is 0 Å². The van der Waals surface area contributed by atoms with Crippen molar-refractivity contribution in [3.63, 3.8) is 0 Å². The minimum Gasteiger partial charge on any atom is -0.312 e. The van der Waals surface area contributed by atoms with Crippen LogP contribution >= 0.6 is 11.8 Å². The van der Waals surface area contributed by atoms with Gasteiger partial charge in [-0.1, -0.05) is 20.8 Å². The molecule has 1 fully saturated rings. The van der Waals surface area contributed by atoms with Crippen LogP contribution in [-0.4, -0.2) is 43.0 Å². The summed E-state index contributed by atoms with van der Waals surface area (Å²) in [5, 5.41) is 3.35. The smallest absolute Gasteiger partial charge is 0.151 e. The zero-order valence-electron chi connectivity index (χ0n) is 10.5. The van der Waals surface area contributed by atoms with E-state index in [0.717, 1.165) is 25.1 Å². The van der Waals surface area contributed by atoms with Gasteiger partial charge in [0.2, 0.25) is 0 Å². The number of hydrogen-bond acceptors (Lipinski definition) is 4. The second-order valence-corrected chi connectivity index (χ2v) is 9.52. The minimum atomic E-state index is -2.77. The predicted molar refractivity (Wildman–Crippen MR) is 71.9 cm³/mol. The Kier molecular flexibility index (Phi) is 5.13. The van der Waals surface area contributed by atoms with Crippen LogP contribution < -0.4 is 5.32 Å². The highest BCUT2D eigenvalue weighted by Crippen LogP contribution is 2.22. The van der Waals surface area contributed by atoms with Gasteiger partial charge in [-0.15, -0.1) is 0 Å². The summed E-state index contributed by atoms with van der Waals surface area (Å²) in [6.07, 6.45) is 1.81. The first-order chi connectivity index (χ1) is 7.29. The number of rotatable bonds is 4. The monoisotopic (exact) mass is 265 g/mol. The first-order valence-electron chi connectivity index (χ1n) is 5.86. The van der Waals surface area contributed by atoms with E-state index in [0.29, 0.717) is 16.3 Å².